The van der Waals surface area contributed by atoms with Crippen LogP contribution in [0.4, 0.5) is 13.2 Å². The molecule has 1 aliphatic heterocycles. The quantitative estimate of drug-likeness (QED) is 0.626. The third-order valence-corrected chi connectivity index (χ3v) is 5.59. The van der Waals surface area contributed by atoms with E-state index in [1.807, 2.05) is 6.92 Å². The molecule has 7 nitrogen and oxygen atoms in total. The predicted molar refractivity (Wildman–Crippen MR) is 96.4 cm³/mol. The normalized spacial score (nSPS) is 19.0. The van der Waals surface area contributed by atoms with Crippen LogP contribution in [0.15, 0.2) is 34.2 Å². The molecule has 0 bridgehead atoms. The largest absolute Gasteiger partial charge is 0.411 e. The summed E-state index contributed by atoms with van der Waals surface area (Å²) in [4.78, 5) is 16.9. The second-order valence-electron chi connectivity index (χ2n) is 6.37. The number of fused-ring (bicyclic) bond motifs is 1. The van der Waals surface area contributed by atoms with Crippen molar-refractivity contribution in [3.63, 3.8) is 0 Å². The predicted octanol–water partition coefficient (Wildman–Crippen LogP) is 1.83. The van der Waals surface area contributed by atoms with Gasteiger partial charge in [0.1, 0.15) is 18.5 Å². The number of alkyl halides is 3. The minimum absolute atomic E-state index is 0.0735. The van der Waals surface area contributed by atoms with Crippen molar-refractivity contribution in [2.45, 2.75) is 37.4 Å². The zero-order valence-corrected chi connectivity index (χ0v) is 16.2. The summed E-state index contributed by atoms with van der Waals surface area (Å²) in [5.41, 5.74) is 0.372. The van der Waals surface area contributed by atoms with E-state index in [0.717, 1.165) is 0 Å². The summed E-state index contributed by atoms with van der Waals surface area (Å²) < 4.78 is 67.3. The van der Waals surface area contributed by atoms with Gasteiger partial charge in [-0.05, 0) is 18.1 Å². The highest BCUT2D eigenvalue weighted by Crippen LogP contribution is 2.24. The van der Waals surface area contributed by atoms with Gasteiger partial charge in [0.05, 0.1) is 11.5 Å². The first-order valence-corrected chi connectivity index (χ1v) is 10.2. The summed E-state index contributed by atoms with van der Waals surface area (Å²) in [5.74, 6) is -0.661. The zero-order valence-electron chi connectivity index (χ0n) is 15.4. The Morgan fingerprint density at radius 2 is 2.00 bits per heavy atom. The van der Waals surface area contributed by atoms with Crippen molar-refractivity contribution >= 4 is 21.8 Å². The van der Waals surface area contributed by atoms with Crippen LogP contribution in [-0.2, 0) is 19.6 Å². The molecule has 1 amide bonds. The van der Waals surface area contributed by atoms with Crippen molar-refractivity contribution in [1.29, 1.82) is 0 Å². The van der Waals surface area contributed by atoms with Gasteiger partial charge < -0.3 is 10.1 Å². The molecule has 2 rings (SSSR count). The van der Waals surface area contributed by atoms with E-state index in [2.05, 4.69) is 19.8 Å². The van der Waals surface area contributed by atoms with Crippen molar-refractivity contribution in [2.24, 2.45) is 10.9 Å². The van der Waals surface area contributed by atoms with E-state index < -0.39 is 34.8 Å². The summed E-state index contributed by atoms with van der Waals surface area (Å²) in [6, 6.07) is 5.36. The molecule has 1 aromatic carbocycles. The second kappa shape index (κ2) is 8.91. The lowest BCUT2D eigenvalue weighted by atomic mass is 9.98. The number of aliphatic imine (C=N–C) groups is 1. The first-order chi connectivity index (χ1) is 13.0. The number of hydrogen-bond donors (Lipinski definition) is 2. The first-order valence-electron chi connectivity index (χ1n) is 8.67. The zero-order chi connectivity index (χ0) is 20.9. The van der Waals surface area contributed by atoms with Crippen LogP contribution in [0.1, 0.15) is 25.8 Å². The number of nitrogens with one attached hydrogen (secondary N) is 2. The molecule has 11 heteroatoms. The molecule has 1 aromatic rings. The molecule has 0 saturated heterocycles. The van der Waals surface area contributed by atoms with Gasteiger partial charge >= 0.3 is 6.18 Å². The number of hydrogen-bond acceptors (Lipinski definition) is 5. The molecule has 1 aliphatic rings. The summed E-state index contributed by atoms with van der Waals surface area (Å²) in [7, 11) is -3.74. The molecule has 156 valence electrons. The Bertz CT molecular complexity index is 840. The van der Waals surface area contributed by atoms with Crippen molar-refractivity contribution in [2.75, 3.05) is 19.8 Å². The summed E-state index contributed by atoms with van der Waals surface area (Å²) in [5, 5.41) is 2.49. The molecule has 0 spiro atoms. The van der Waals surface area contributed by atoms with E-state index in [0.29, 0.717) is 12.0 Å². The standard InChI is InChI=1S/C17H22F3N3O4S/c1-3-11(2)14(16(24)21-8-9-27-10-17(18,19)20)22-15-12-6-4-5-7-13(12)28(25,26)23-15/h4-7,11,14H,3,8-10H2,1-2H3,(H,21,24)(H,22,23)/t11-,14-/m0/s1. The molecule has 0 radical (unpaired) electrons. The van der Waals surface area contributed by atoms with Gasteiger partial charge in [-0.25, -0.2) is 8.42 Å². The summed E-state index contributed by atoms with van der Waals surface area (Å²) >= 11 is 0. The average molecular weight is 421 g/mol. The SMILES string of the molecule is CC[C@H](C)[C@H](N=C1NS(=O)(=O)c2ccccc21)C(=O)NCCOCC(F)(F)F. The first kappa shape index (κ1) is 22.2. The number of sulfonamides is 1. The molecule has 0 fully saturated rings. The number of amides is 1. The molecule has 0 aliphatic carbocycles. The molecule has 1 heterocycles. The Labute approximate surface area is 161 Å². The Kier molecular flexibility index (Phi) is 7.05. The maximum Gasteiger partial charge on any atom is 0.411 e. The van der Waals surface area contributed by atoms with Gasteiger partial charge in [-0.2, -0.15) is 13.2 Å². The molecule has 0 saturated carbocycles. The van der Waals surface area contributed by atoms with Crippen molar-refractivity contribution < 1.29 is 31.1 Å². The summed E-state index contributed by atoms with van der Waals surface area (Å²) in [6.45, 7) is 1.83. The van der Waals surface area contributed by atoms with E-state index in [1.54, 1.807) is 25.1 Å². The van der Waals surface area contributed by atoms with Gasteiger partial charge in [0.25, 0.3) is 10.0 Å². The van der Waals surface area contributed by atoms with Gasteiger partial charge in [-0.15, -0.1) is 0 Å². The van der Waals surface area contributed by atoms with Crippen LogP contribution in [-0.4, -0.2) is 52.1 Å². The lowest BCUT2D eigenvalue weighted by Gasteiger charge is -2.19. The van der Waals surface area contributed by atoms with Gasteiger partial charge in [-0.1, -0.05) is 32.4 Å². The van der Waals surface area contributed by atoms with Crippen molar-refractivity contribution in [3.05, 3.63) is 29.8 Å². The topological polar surface area (TPSA) is 96.9 Å². The van der Waals surface area contributed by atoms with E-state index >= 15 is 0 Å². The minimum Gasteiger partial charge on any atom is -0.370 e. The van der Waals surface area contributed by atoms with Gasteiger partial charge in [0.15, 0.2) is 0 Å². The molecular weight excluding hydrogens is 399 g/mol. The lowest BCUT2D eigenvalue weighted by molar-refractivity contribution is -0.173. The minimum atomic E-state index is -4.43. The average Bonchev–Trinajstić information content (AvgIpc) is 2.88. The molecule has 0 aromatic heterocycles. The van der Waals surface area contributed by atoms with Crippen LogP contribution < -0.4 is 10.0 Å². The number of carbonyl (C=O) groups excluding carboxylic acids is 1. The molecular formula is C17H22F3N3O4S. The number of nitrogens with zero attached hydrogens (tertiary/aromatic N) is 1. The molecule has 28 heavy (non-hydrogen) atoms. The highest BCUT2D eigenvalue weighted by atomic mass is 32.2. The Morgan fingerprint density at radius 1 is 1.32 bits per heavy atom. The van der Waals surface area contributed by atoms with Crippen LogP contribution >= 0.6 is 0 Å². The Hall–Kier alpha value is -2.14. The summed E-state index contributed by atoms with van der Waals surface area (Å²) in [6.07, 6.45) is -3.84. The second-order valence-corrected chi connectivity index (χ2v) is 8.02. The Balaban J connectivity index is 2.10. The van der Waals surface area contributed by atoms with Crippen molar-refractivity contribution in [1.82, 2.24) is 10.0 Å². The third kappa shape index (κ3) is 5.68. The van der Waals surface area contributed by atoms with E-state index in [4.69, 9.17) is 0 Å². The number of ether oxygens (including phenoxy) is 1. The molecule has 2 atom stereocenters. The fourth-order valence-corrected chi connectivity index (χ4v) is 3.81. The number of halogens is 3. The highest BCUT2D eigenvalue weighted by molar-refractivity contribution is 7.90. The lowest BCUT2D eigenvalue weighted by Crippen LogP contribution is -2.40. The maximum atomic E-state index is 12.5. The van der Waals surface area contributed by atoms with Crippen LogP contribution in [0.3, 0.4) is 0 Å². The number of rotatable bonds is 8. The Morgan fingerprint density at radius 3 is 2.64 bits per heavy atom. The maximum absolute atomic E-state index is 12.5. The number of carbonyl (C=O) groups is 1. The van der Waals surface area contributed by atoms with E-state index in [1.165, 1.54) is 6.07 Å². The third-order valence-electron chi connectivity index (χ3n) is 4.19. The van der Waals surface area contributed by atoms with E-state index in [9.17, 15) is 26.4 Å². The monoisotopic (exact) mass is 421 g/mol. The van der Waals surface area contributed by atoms with Gasteiger partial charge in [-0.3, -0.25) is 14.5 Å². The fourth-order valence-electron chi connectivity index (χ4n) is 2.58. The number of amidine groups is 1. The van der Waals surface area contributed by atoms with Crippen molar-refractivity contribution in [3.8, 4) is 0 Å². The van der Waals surface area contributed by atoms with Gasteiger partial charge in [0, 0.05) is 12.1 Å². The van der Waals surface area contributed by atoms with Crippen LogP contribution in [0.5, 0.6) is 0 Å². The molecule has 2 N–H and O–H groups in total. The van der Waals surface area contributed by atoms with Crippen LogP contribution in [0.2, 0.25) is 0 Å². The van der Waals surface area contributed by atoms with Crippen LogP contribution in [0, 0.1) is 5.92 Å². The molecule has 0 unspecified atom stereocenters. The smallest absolute Gasteiger partial charge is 0.370 e. The van der Waals surface area contributed by atoms with Gasteiger partial charge in [0.2, 0.25) is 5.91 Å². The number of benzene rings is 1. The fraction of sp³-hybridized carbons (Fsp3) is 0.529. The highest BCUT2D eigenvalue weighted by Gasteiger charge is 2.33. The van der Waals surface area contributed by atoms with Crippen LogP contribution in [0.25, 0.3) is 0 Å². The van der Waals surface area contributed by atoms with E-state index in [-0.39, 0.29) is 29.8 Å².